The molecule has 0 N–H and O–H groups in total. The predicted molar refractivity (Wildman–Crippen MR) is 117 cm³/mol. The van der Waals surface area contributed by atoms with Crippen LogP contribution in [-0.2, 0) is 4.79 Å². The van der Waals surface area contributed by atoms with Crippen molar-refractivity contribution in [2.45, 2.75) is 6.92 Å². The molecule has 150 valence electrons. The SMILES string of the molecule is CC(=O)Oc1c(-c2ccccc2)c(=O)c(-c2ccccc2)c2c3c(cccc13)C(=O)O2. The highest BCUT2D eigenvalue weighted by Gasteiger charge is 2.32. The molecule has 0 aliphatic carbocycles. The van der Waals surface area contributed by atoms with Gasteiger partial charge in [0.25, 0.3) is 0 Å². The largest absolute Gasteiger partial charge is 0.425 e. The first-order valence-corrected chi connectivity index (χ1v) is 9.74. The smallest absolute Gasteiger partial charge is 0.344 e. The minimum Gasteiger partial charge on any atom is -0.425 e. The maximum atomic E-state index is 14.0. The monoisotopic (exact) mass is 408 g/mol. The molecule has 0 unspecified atom stereocenters. The molecule has 0 spiro atoms. The first-order chi connectivity index (χ1) is 15.1. The fourth-order valence-electron chi connectivity index (χ4n) is 3.98. The molecule has 0 amide bonds. The van der Waals surface area contributed by atoms with Gasteiger partial charge < -0.3 is 9.47 Å². The molecule has 1 heterocycles. The van der Waals surface area contributed by atoms with E-state index in [4.69, 9.17) is 9.47 Å². The number of carbonyl (C=O) groups is 2. The van der Waals surface area contributed by atoms with E-state index in [9.17, 15) is 14.4 Å². The number of benzene rings is 3. The highest BCUT2D eigenvalue weighted by Crippen LogP contribution is 2.46. The minimum atomic E-state index is -0.566. The third-order valence-electron chi connectivity index (χ3n) is 5.23. The second-order valence-corrected chi connectivity index (χ2v) is 7.18. The molecule has 31 heavy (non-hydrogen) atoms. The van der Waals surface area contributed by atoms with Gasteiger partial charge in [0.2, 0.25) is 5.43 Å². The molecule has 5 heteroatoms. The minimum absolute atomic E-state index is 0.113. The standard InChI is InChI=1S/C26H16O5/c1-15(27)30-24-18-13-8-14-19-22(18)25(31-26(19)29)21(17-11-6-3-7-12-17)23(28)20(24)16-9-4-2-5-10-16/h2-14H,1H3. The van der Waals surface area contributed by atoms with Crippen molar-refractivity contribution in [2.75, 3.05) is 0 Å². The van der Waals surface area contributed by atoms with Crippen molar-refractivity contribution >= 4 is 22.7 Å². The van der Waals surface area contributed by atoms with Crippen molar-refractivity contribution in [1.29, 1.82) is 0 Å². The fraction of sp³-hybridized carbons (Fsp3) is 0.0385. The number of rotatable bonds is 3. The molecule has 0 radical (unpaired) electrons. The Kier molecular flexibility index (Phi) is 4.37. The number of hydrogen-bond acceptors (Lipinski definition) is 5. The maximum absolute atomic E-state index is 14.0. The maximum Gasteiger partial charge on any atom is 0.344 e. The summed E-state index contributed by atoms with van der Waals surface area (Å²) >= 11 is 0. The average Bonchev–Trinajstić information content (AvgIpc) is 3.06. The lowest BCUT2D eigenvalue weighted by Crippen LogP contribution is -2.11. The van der Waals surface area contributed by atoms with Crippen molar-refractivity contribution in [1.82, 2.24) is 0 Å². The molecule has 0 aromatic heterocycles. The van der Waals surface area contributed by atoms with E-state index in [0.717, 1.165) is 0 Å². The van der Waals surface area contributed by atoms with Crippen LogP contribution in [0.1, 0.15) is 17.3 Å². The third kappa shape index (κ3) is 2.99. The summed E-state index contributed by atoms with van der Waals surface area (Å²) in [5.41, 5.74) is 1.63. The average molecular weight is 408 g/mol. The van der Waals surface area contributed by atoms with Crippen LogP contribution in [0.25, 0.3) is 33.0 Å². The molecule has 1 aliphatic heterocycles. The molecule has 4 aromatic carbocycles. The molecule has 0 saturated carbocycles. The van der Waals surface area contributed by atoms with E-state index in [0.29, 0.717) is 27.5 Å². The normalized spacial score (nSPS) is 12.0. The van der Waals surface area contributed by atoms with Gasteiger partial charge in [0, 0.05) is 17.7 Å². The van der Waals surface area contributed by atoms with Crippen molar-refractivity contribution < 1.29 is 19.1 Å². The second kappa shape index (κ2) is 7.22. The number of hydrogen-bond donors (Lipinski definition) is 0. The lowest BCUT2D eigenvalue weighted by Gasteiger charge is -2.09. The summed E-state index contributed by atoms with van der Waals surface area (Å²) in [5, 5.41) is 0.925. The van der Waals surface area contributed by atoms with E-state index in [1.165, 1.54) is 6.92 Å². The zero-order valence-corrected chi connectivity index (χ0v) is 16.5. The zero-order valence-electron chi connectivity index (χ0n) is 16.5. The van der Waals surface area contributed by atoms with E-state index in [-0.39, 0.29) is 28.1 Å². The van der Waals surface area contributed by atoms with Gasteiger partial charge in [0.15, 0.2) is 11.5 Å². The molecule has 0 bridgehead atoms. The first-order valence-electron chi connectivity index (χ1n) is 9.74. The Hall–Kier alpha value is -4.25. The van der Waals surface area contributed by atoms with Crippen LogP contribution in [0, 0.1) is 0 Å². The summed E-state index contributed by atoms with van der Waals surface area (Å²) in [6.45, 7) is 1.28. The molecule has 0 saturated heterocycles. The Labute approximate surface area is 177 Å². The van der Waals surface area contributed by atoms with Crippen LogP contribution in [0.3, 0.4) is 0 Å². The van der Waals surface area contributed by atoms with E-state index in [2.05, 4.69) is 0 Å². The van der Waals surface area contributed by atoms with Gasteiger partial charge in [0.1, 0.15) is 0 Å². The Morgan fingerprint density at radius 3 is 2.00 bits per heavy atom. The highest BCUT2D eigenvalue weighted by atomic mass is 16.5. The van der Waals surface area contributed by atoms with E-state index >= 15 is 0 Å². The van der Waals surface area contributed by atoms with Crippen LogP contribution in [0.15, 0.2) is 83.7 Å². The second-order valence-electron chi connectivity index (χ2n) is 7.18. The van der Waals surface area contributed by atoms with Gasteiger partial charge in [0.05, 0.1) is 16.7 Å². The molecular formula is C26H16O5. The van der Waals surface area contributed by atoms with Crippen LogP contribution in [-0.4, -0.2) is 11.9 Å². The van der Waals surface area contributed by atoms with Crippen molar-refractivity contribution in [3.63, 3.8) is 0 Å². The summed E-state index contributed by atoms with van der Waals surface area (Å²) in [5.74, 6) is -0.813. The lowest BCUT2D eigenvalue weighted by atomic mass is 10.0. The zero-order chi connectivity index (χ0) is 21.5. The molecule has 5 rings (SSSR count). The number of carbonyl (C=O) groups excluding carboxylic acids is 2. The Balaban J connectivity index is 2.07. The lowest BCUT2D eigenvalue weighted by molar-refractivity contribution is -0.131. The summed E-state index contributed by atoms with van der Waals surface area (Å²) in [6, 6.07) is 23.1. The van der Waals surface area contributed by atoms with Gasteiger partial charge in [-0.3, -0.25) is 9.59 Å². The summed E-state index contributed by atoms with van der Waals surface area (Å²) in [7, 11) is 0. The van der Waals surface area contributed by atoms with Gasteiger partial charge in [-0.05, 0) is 17.2 Å². The van der Waals surface area contributed by atoms with Gasteiger partial charge in [-0.1, -0.05) is 72.8 Å². The van der Waals surface area contributed by atoms with Crippen molar-refractivity contribution in [3.8, 4) is 33.8 Å². The van der Waals surface area contributed by atoms with E-state index < -0.39 is 11.9 Å². The van der Waals surface area contributed by atoms with Gasteiger partial charge in [-0.15, -0.1) is 0 Å². The van der Waals surface area contributed by atoms with Crippen LogP contribution in [0.5, 0.6) is 11.5 Å². The first kappa shape index (κ1) is 18.8. The third-order valence-corrected chi connectivity index (χ3v) is 5.23. The topological polar surface area (TPSA) is 69.7 Å². The summed E-state index contributed by atoms with van der Waals surface area (Å²) in [4.78, 5) is 38.6. The molecule has 0 atom stereocenters. The number of ether oxygens (including phenoxy) is 2. The van der Waals surface area contributed by atoms with E-state index in [1.807, 2.05) is 36.4 Å². The van der Waals surface area contributed by atoms with Crippen molar-refractivity contribution in [3.05, 3.63) is 94.6 Å². The molecule has 0 fully saturated rings. The van der Waals surface area contributed by atoms with Gasteiger partial charge >= 0.3 is 11.9 Å². The quantitative estimate of drug-likeness (QED) is 0.447. The van der Waals surface area contributed by atoms with Crippen LogP contribution in [0.2, 0.25) is 0 Å². The van der Waals surface area contributed by atoms with Crippen molar-refractivity contribution in [2.24, 2.45) is 0 Å². The van der Waals surface area contributed by atoms with Crippen LogP contribution in [0.4, 0.5) is 0 Å². The Morgan fingerprint density at radius 1 is 0.774 bits per heavy atom. The van der Waals surface area contributed by atoms with Crippen LogP contribution >= 0.6 is 0 Å². The molecule has 4 aromatic rings. The fourth-order valence-corrected chi connectivity index (χ4v) is 3.98. The molecule has 5 nitrogen and oxygen atoms in total. The van der Waals surface area contributed by atoms with Gasteiger partial charge in [-0.2, -0.15) is 0 Å². The summed E-state index contributed by atoms with van der Waals surface area (Å²) in [6.07, 6.45) is 0. The Bertz CT molecular complexity index is 1420. The molecular weight excluding hydrogens is 392 g/mol. The summed E-state index contributed by atoms with van der Waals surface area (Å²) < 4.78 is 11.2. The van der Waals surface area contributed by atoms with Gasteiger partial charge in [-0.25, -0.2) is 4.79 Å². The van der Waals surface area contributed by atoms with E-state index in [1.54, 1.807) is 42.5 Å². The highest BCUT2D eigenvalue weighted by molar-refractivity contribution is 6.17. The predicted octanol–water partition coefficient (Wildman–Crippen LogP) is 4.99. The Morgan fingerprint density at radius 2 is 1.39 bits per heavy atom. The molecule has 1 aliphatic rings. The number of esters is 2. The van der Waals surface area contributed by atoms with Crippen LogP contribution < -0.4 is 14.9 Å².